The molecular weight excluding hydrogens is 391 g/mol. The number of carbonyl (C=O) groups excluding carboxylic acids is 1. The predicted molar refractivity (Wildman–Crippen MR) is 106 cm³/mol. The van der Waals surface area contributed by atoms with Crippen LogP contribution in [0.2, 0.25) is 6.32 Å². The van der Waals surface area contributed by atoms with Gasteiger partial charge in [-0.1, -0.05) is 18.2 Å². The first-order valence-electron chi connectivity index (χ1n) is 8.30. The monoisotopic (exact) mass is 404 g/mol. The maximum Gasteiger partial charge on any atom is 0.351 e. The molecule has 1 aliphatic heterocycles. The Morgan fingerprint density at radius 3 is 2.73 bits per heavy atom. The van der Waals surface area contributed by atoms with Crippen LogP contribution < -0.4 is 5.32 Å². The number of nitrogens with zero attached hydrogens (tertiary/aromatic N) is 2. The maximum absolute atomic E-state index is 12.8. The minimum absolute atomic E-state index is 0.133. The molecule has 3 heterocycles. The lowest BCUT2D eigenvalue weighted by Crippen LogP contribution is -2.30. The van der Waals surface area contributed by atoms with Crippen LogP contribution in [0.25, 0.3) is 11.4 Å². The van der Waals surface area contributed by atoms with Crippen molar-refractivity contribution in [1.82, 2.24) is 9.97 Å². The fourth-order valence-electron chi connectivity index (χ4n) is 3.23. The molecular formula is C19H14BBrN4O. The SMILES string of the molecule is N#CB1CCc2[nH]c(-c3ccc(Br)cn3)c(Nc3ccccc3)c2C1=O. The van der Waals surface area contributed by atoms with Crippen LogP contribution >= 0.6 is 15.9 Å². The Morgan fingerprint density at radius 2 is 2.04 bits per heavy atom. The van der Waals surface area contributed by atoms with Crippen molar-refractivity contribution in [3.63, 3.8) is 0 Å². The van der Waals surface area contributed by atoms with E-state index in [1.807, 2.05) is 42.5 Å². The van der Waals surface area contributed by atoms with Gasteiger partial charge in [0, 0.05) is 28.0 Å². The Labute approximate surface area is 159 Å². The quantitative estimate of drug-likeness (QED) is 0.633. The summed E-state index contributed by atoms with van der Waals surface area (Å²) >= 11 is 3.40. The van der Waals surface area contributed by atoms with Crippen LogP contribution in [-0.2, 0) is 6.42 Å². The number of anilines is 2. The number of nitrogens with one attached hydrogen (secondary N) is 2. The molecule has 0 atom stereocenters. The topological polar surface area (TPSA) is 81.6 Å². The van der Waals surface area contributed by atoms with Crippen LogP contribution in [0.4, 0.5) is 11.4 Å². The Hall–Kier alpha value is -2.85. The highest BCUT2D eigenvalue weighted by Crippen LogP contribution is 2.38. The van der Waals surface area contributed by atoms with Crippen LogP contribution in [0.3, 0.4) is 0 Å². The zero-order chi connectivity index (χ0) is 18.1. The molecule has 126 valence electrons. The zero-order valence-electron chi connectivity index (χ0n) is 13.8. The van der Waals surface area contributed by atoms with Gasteiger partial charge in [0.2, 0.25) is 0 Å². The third kappa shape index (κ3) is 2.93. The van der Waals surface area contributed by atoms with Gasteiger partial charge in [-0.05, 0) is 52.9 Å². The molecule has 0 aliphatic carbocycles. The van der Waals surface area contributed by atoms with Crippen LogP contribution in [0.15, 0.2) is 53.1 Å². The second-order valence-corrected chi connectivity index (χ2v) is 7.08. The number of benzene rings is 1. The Bertz CT molecular complexity index is 1010. The number of carbonyl (C=O) groups is 1. The number of aromatic nitrogens is 2. The van der Waals surface area contributed by atoms with E-state index in [0.717, 1.165) is 27.2 Å². The first-order chi connectivity index (χ1) is 12.7. The summed E-state index contributed by atoms with van der Waals surface area (Å²) in [5, 5.41) is 12.7. The average Bonchev–Trinajstić information content (AvgIpc) is 3.03. The van der Waals surface area contributed by atoms with Gasteiger partial charge in [0.15, 0.2) is 0 Å². The number of fused-ring (bicyclic) bond motifs is 1. The molecule has 0 fully saturated rings. The molecule has 1 aromatic carbocycles. The summed E-state index contributed by atoms with van der Waals surface area (Å²) < 4.78 is 0.885. The van der Waals surface area contributed by atoms with Crippen molar-refractivity contribution >= 4 is 39.7 Å². The number of hydrogen-bond acceptors (Lipinski definition) is 4. The summed E-state index contributed by atoms with van der Waals surface area (Å²) in [7, 11) is 0. The van der Waals surface area contributed by atoms with Crippen molar-refractivity contribution in [3.8, 4) is 17.4 Å². The van der Waals surface area contributed by atoms with E-state index in [1.165, 1.54) is 0 Å². The molecule has 3 aromatic rings. The number of pyridine rings is 1. The molecule has 0 saturated heterocycles. The molecule has 7 heteroatoms. The summed E-state index contributed by atoms with van der Waals surface area (Å²) in [5.74, 6) is 2.13. The van der Waals surface area contributed by atoms with E-state index in [2.05, 4.69) is 37.2 Å². The Kier molecular flexibility index (Phi) is 4.35. The number of hydrogen-bond donors (Lipinski definition) is 2. The first-order valence-corrected chi connectivity index (χ1v) is 9.09. The number of H-pyrrole nitrogens is 1. The van der Waals surface area contributed by atoms with Crippen LogP contribution in [0.1, 0.15) is 16.1 Å². The molecule has 5 nitrogen and oxygen atoms in total. The number of rotatable bonds is 3. The van der Waals surface area contributed by atoms with Crippen molar-refractivity contribution in [2.24, 2.45) is 0 Å². The summed E-state index contributed by atoms with van der Waals surface area (Å²) in [6, 6.07) is 13.5. The largest absolute Gasteiger partial charge is 0.355 e. The predicted octanol–water partition coefficient (Wildman–Crippen LogP) is 4.42. The van der Waals surface area contributed by atoms with Crippen molar-refractivity contribution in [2.75, 3.05) is 5.32 Å². The van der Waals surface area contributed by atoms with Crippen molar-refractivity contribution < 1.29 is 4.79 Å². The van der Waals surface area contributed by atoms with E-state index < -0.39 is 6.71 Å². The summed E-state index contributed by atoms with van der Waals surface area (Å²) in [6.45, 7) is -0.597. The van der Waals surface area contributed by atoms with Crippen molar-refractivity contribution in [2.45, 2.75) is 12.7 Å². The van der Waals surface area contributed by atoms with Gasteiger partial charge in [0.05, 0.1) is 22.6 Å². The zero-order valence-corrected chi connectivity index (χ0v) is 15.4. The second-order valence-electron chi connectivity index (χ2n) is 6.17. The smallest absolute Gasteiger partial charge is 0.351 e. The number of aryl methyl sites for hydroxylation is 1. The standard InChI is InChI=1S/C19H14BBrN4O/c21-12-6-7-15(23-10-12)17-18(24-13-4-2-1-3-5-13)16-14(25-17)8-9-20(11-22)19(16)26/h1-7,10,24-25H,8-9H2. The van der Waals surface area contributed by atoms with E-state index in [-0.39, 0.29) is 5.68 Å². The van der Waals surface area contributed by atoms with E-state index in [4.69, 9.17) is 0 Å². The van der Waals surface area contributed by atoms with Gasteiger partial charge >= 0.3 is 6.71 Å². The maximum atomic E-state index is 12.8. The highest BCUT2D eigenvalue weighted by molar-refractivity contribution is 9.10. The van der Waals surface area contributed by atoms with Gasteiger partial charge in [-0.2, -0.15) is 0 Å². The minimum atomic E-state index is -0.597. The van der Waals surface area contributed by atoms with Gasteiger partial charge in [-0.25, -0.2) is 5.26 Å². The van der Waals surface area contributed by atoms with E-state index in [0.29, 0.717) is 24.0 Å². The fraction of sp³-hybridized carbons (Fsp3) is 0.105. The molecule has 2 aromatic heterocycles. The summed E-state index contributed by atoms with van der Waals surface area (Å²) in [4.78, 5) is 20.7. The van der Waals surface area contributed by atoms with Crippen LogP contribution in [0, 0.1) is 11.2 Å². The molecule has 2 N–H and O–H groups in total. The minimum Gasteiger partial charge on any atom is -0.355 e. The molecule has 26 heavy (non-hydrogen) atoms. The summed E-state index contributed by atoms with van der Waals surface area (Å²) in [5.41, 5.74) is 4.36. The average molecular weight is 405 g/mol. The van der Waals surface area contributed by atoms with Gasteiger partial charge < -0.3 is 15.1 Å². The molecule has 0 bridgehead atoms. The molecule has 0 unspecified atom stereocenters. The molecule has 0 saturated carbocycles. The lowest BCUT2D eigenvalue weighted by molar-refractivity contribution is 0.107. The number of halogens is 1. The van der Waals surface area contributed by atoms with Gasteiger partial charge in [0.25, 0.3) is 0 Å². The normalized spacial score (nSPS) is 13.2. The lowest BCUT2D eigenvalue weighted by Gasteiger charge is -2.15. The van der Waals surface area contributed by atoms with Gasteiger partial charge in [-0.3, -0.25) is 4.98 Å². The number of para-hydroxylation sites is 1. The lowest BCUT2D eigenvalue weighted by atomic mass is 9.41. The first kappa shape index (κ1) is 16.6. The van der Waals surface area contributed by atoms with E-state index in [9.17, 15) is 10.1 Å². The molecule has 1 aliphatic rings. The molecule has 0 spiro atoms. The number of nitriles is 1. The molecule has 4 rings (SSSR count). The molecule has 0 radical (unpaired) electrons. The Balaban J connectivity index is 1.88. The van der Waals surface area contributed by atoms with Gasteiger partial charge in [0.1, 0.15) is 5.68 Å². The fourth-order valence-corrected chi connectivity index (χ4v) is 3.47. The van der Waals surface area contributed by atoms with E-state index in [1.54, 1.807) is 6.20 Å². The van der Waals surface area contributed by atoms with Crippen molar-refractivity contribution in [3.05, 3.63) is 64.4 Å². The van der Waals surface area contributed by atoms with Gasteiger partial charge in [-0.15, -0.1) is 0 Å². The third-order valence-electron chi connectivity index (χ3n) is 4.51. The number of aromatic amines is 1. The second kappa shape index (κ2) is 6.81. The highest BCUT2D eigenvalue weighted by Gasteiger charge is 2.36. The van der Waals surface area contributed by atoms with Crippen LogP contribution in [0.5, 0.6) is 0 Å². The van der Waals surface area contributed by atoms with E-state index >= 15 is 0 Å². The molecule has 0 amide bonds. The summed E-state index contributed by atoms with van der Waals surface area (Å²) in [6.07, 6.45) is 2.93. The third-order valence-corrected chi connectivity index (χ3v) is 4.98. The van der Waals surface area contributed by atoms with Crippen LogP contribution in [-0.4, -0.2) is 22.4 Å². The highest BCUT2D eigenvalue weighted by atomic mass is 79.9. The van der Waals surface area contributed by atoms with Crippen molar-refractivity contribution in [1.29, 1.82) is 5.26 Å². The Morgan fingerprint density at radius 1 is 1.23 bits per heavy atom.